The molecule has 0 aliphatic heterocycles. The number of carbonyl (C=O) groups is 2. The van der Waals surface area contributed by atoms with Gasteiger partial charge in [0.05, 0.1) is 6.04 Å². The van der Waals surface area contributed by atoms with Gasteiger partial charge in [-0.2, -0.15) is 0 Å². The van der Waals surface area contributed by atoms with Gasteiger partial charge in [0.2, 0.25) is 11.8 Å². The molecule has 0 heterocycles. The Morgan fingerprint density at radius 2 is 1.65 bits per heavy atom. The minimum atomic E-state index is -0.495. The molecular weight excluding hydrogens is 218 g/mol. The Kier molecular flexibility index (Phi) is 4.66. The van der Waals surface area contributed by atoms with Gasteiger partial charge in [0.1, 0.15) is 0 Å². The van der Waals surface area contributed by atoms with Gasteiger partial charge < -0.3 is 16.4 Å². The molecule has 92 valence electrons. The molecule has 17 heavy (non-hydrogen) atoms. The van der Waals surface area contributed by atoms with E-state index in [0.29, 0.717) is 17.8 Å². The van der Waals surface area contributed by atoms with Gasteiger partial charge in [-0.05, 0) is 30.7 Å². The van der Waals surface area contributed by atoms with Gasteiger partial charge in [-0.1, -0.05) is 6.92 Å². The minimum absolute atomic E-state index is 0.130. The first kappa shape index (κ1) is 13.2. The third-order valence-corrected chi connectivity index (χ3v) is 2.25. The van der Waals surface area contributed by atoms with E-state index in [1.54, 1.807) is 24.3 Å². The van der Waals surface area contributed by atoms with E-state index in [0.717, 1.165) is 0 Å². The van der Waals surface area contributed by atoms with Crippen molar-refractivity contribution in [3.05, 3.63) is 24.3 Å². The average molecular weight is 235 g/mol. The number of hydrogen-bond donors (Lipinski definition) is 3. The fourth-order valence-corrected chi connectivity index (χ4v) is 1.26. The summed E-state index contributed by atoms with van der Waals surface area (Å²) >= 11 is 0. The Hall–Kier alpha value is -1.88. The van der Waals surface area contributed by atoms with E-state index in [-0.39, 0.29) is 11.8 Å². The van der Waals surface area contributed by atoms with Crippen LogP contribution in [0.4, 0.5) is 11.4 Å². The first-order valence-electron chi connectivity index (χ1n) is 5.47. The number of nitrogens with two attached hydrogens (primary N) is 1. The molecule has 0 bridgehead atoms. The second-order valence-corrected chi connectivity index (χ2v) is 3.76. The summed E-state index contributed by atoms with van der Waals surface area (Å²) in [4.78, 5) is 22.3. The van der Waals surface area contributed by atoms with Crippen LogP contribution in [0.5, 0.6) is 0 Å². The maximum Gasteiger partial charge on any atom is 0.241 e. The summed E-state index contributed by atoms with van der Waals surface area (Å²) in [6.45, 7) is 3.29. The summed E-state index contributed by atoms with van der Waals surface area (Å²) in [7, 11) is 0. The monoisotopic (exact) mass is 235 g/mol. The molecule has 5 nitrogen and oxygen atoms in total. The molecule has 5 heteroatoms. The van der Waals surface area contributed by atoms with Crippen molar-refractivity contribution in [3.63, 3.8) is 0 Å². The summed E-state index contributed by atoms with van der Waals surface area (Å²) in [5.74, 6) is -0.338. The summed E-state index contributed by atoms with van der Waals surface area (Å²) in [6, 6.07) is 6.37. The average Bonchev–Trinajstić information content (AvgIpc) is 2.30. The Labute approximate surface area is 100 Å². The first-order chi connectivity index (χ1) is 8.02. The molecule has 1 aromatic rings. The molecule has 0 radical (unpaired) electrons. The molecule has 2 amide bonds. The van der Waals surface area contributed by atoms with Crippen LogP contribution in [0.1, 0.15) is 20.3 Å². The SMILES string of the molecule is CC[C@@H](N)C(=O)Nc1ccc(NC(C)=O)cc1. The lowest BCUT2D eigenvalue weighted by molar-refractivity contribution is -0.117. The third kappa shape index (κ3) is 4.24. The molecule has 4 N–H and O–H groups in total. The molecule has 1 aromatic carbocycles. The zero-order chi connectivity index (χ0) is 12.8. The number of rotatable bonds is 4. The Bertz CT molecular complexity index is 401. The number of amides is 2. The Morgan fingerprint density at radius 1 is 1.18 bits per heavy atom. The van der Waals surface area contributed by atoms with Crippen molar-refractivity contribution in [1.29, 1.82) is 0 Å². The van der Waals surface area contributed by atoms with Crippen LogP contribution in [0.15, 0.2) is 24.3 Å². The normalized spacial score (nSPS) is 11.7. The molecule has 0 aromatic heterocycles. The van der Waals surface area contributed by atoms with Crippen LogP contribution in [0.3, 0.4) is 0 Å². The number of benzene rings is 1. The minimum Gasteiger partial charge on any atom is -0.326 e. The topological polar surface area (TPSA) is 84.2 Å². The van der Waals surface area contributed by atoms with Crippen molar-refractivity contribution in [2.24, 2.45) is 5.73 Å². The van der Waals surface area contributed by atoms with Crippen LogP contribution in [-0.2, 0) is 9.59 Å². The highest BCUT2D eigenvalue weighted by Crippen LogP contribution is 2.13. The van der Waals surface area contributed by atoms with E-state index in [1.807, 2.05) is 6.92 Å². The largest absolute Gasteiger partial charge is 0.326 e. The maximum atomic E-state index is 11.5. The molecule has 1 atom stereocenters. The van der Waals surface area contributed by atoms with Crippen LogP contribution in [0, 0.1) is 0 Å². The second kappa shape index (κ2) is 6.00. The van der Waals surface area contributed by atoms with Crippen molar-refractivity contribution in [2.45, 2.75) is 26.3 Å². The molecule has 0 aliphatic carbocycles. The van der Waals surface area contributed by atoms with Crippen molar-refractivity contribution >= 4 is 23.2 Å². The number of hydrogen-bond acceptors (Lipinski definition) is 3. The Morgan fingerprint density at radius 3 is 2.06 bits per heavy atom. The van der Waals surface area contributed by atoms with Crippen LogP contribution >= 0.6 is 0 Å². The van der Waals surface area contributed by atoms with Gasteiger partial charge in [0.15, 0.2) is 0 Å². The standard InChI is InChI=1S/C12H17N3O2/c1-3-11(13)12(17)15-10-6-4-9(5-7-10)14-8(2)16/h4-7,11H,3,13H2,1-2H3,(H,14,16)(H,15,17)/t11-/m1/s1. The molecule has 0 spiro atoms. The van der Waals surface area contributed by atoms with Crippen LogP contribution in [-0.4, -0.2) is 17.9 Å². The highest BCUT2D eigenvalue weighted by molar-refractivity contribution is 5.95. The molecule has 1 rings (SSSR count). The van der Waals surface area contributed by atoms with E-state index in [1.165, 1.54) is 6.92 Å². The summed E-state index contributed by atoms with van der Waals surface area (Å²) in [6.07, 6.45) is 0.593. The number of carbonyl (C=O) groups excluding carboxylic acids is 2. The van der Waals surface area contributed by atoms with Gasteiger partial charge in [0.25, 0.3) is 0 Å². The highest BCUT2D eigenvalue weighted by Gasteiger charge is 2.10. The van der Waals surface area contributed by atoms with Crippen LogP contribution < -0.4 is 16.4 Å². The molecule has 0 fully saturated rings. The quantitative estimate of drug-likeness (QED) is 0.735. The van der Waals surface area contributed by atoms with Gasteiger partial charge >= 0.3 is 0 Å². The van der Waals surface area contributed by atoms with E-state index in [4.69, 9.17) is 5.73 Å². The van der Waals surface area contributed by atoms with Gasteiger partial charge in [0, 0.05) is 18.3 Å². The second-order valence-electron chi connectivity index (χ2n) is 3.76. The zero-order valence-electron chi connectivity index (χ0n) is 9.99. The molecule has 0 aliphatic rings. The predicted octanol–water partition coefficient (Wildman–Crippen LogP) is 1.32. The molecule has 0 saturated heterocycles. The molecular formula is C12H17N3O2. The summed E-state index contributed by atoms with van der Waals surface area (Å²) in [5, 5.41) is 5.34. The zero-order valence-corrected chi connectivity index (χ0v) is 9.99. The fourth-order valence-electron chi connectivity index (χ4n) is 1.26. The van der Waals surface area contributed by atoms with Crippen molar-refractivity contribution in [1.82, 2.24) is 0 Å². The third-order valence-electron chi connectivity index (χ3n) is 2.25. The summed E-state index contributed by atoms with van der Waals surface area (Å²) < 4.78 is 0. The maximum absolute atomic E-state index is 11.5. The van der Waals surface area contributed by atoms with Gasteiger partial charge in [-0.15, -0.1) is 0 Å². The lowest BCUT2D eigenvalue weighted by atomic mass is 10.2. The van der Waals surface area contributed by atoms with E-state index in [2.05, 4.69) is 10.6 Å². The van der Waals surface area contributed by atoms with Crippen LogP contribution in [0.2, 0.25) is 0 Å². The predicted molar refractivity (Wildman–Crippen MR) is 67.6 cm³/mol. The van der Waals surface area contributed by atoms with Crippen molar-refractivity contribution in [2.75, 3.05) is 10.6 Å². The molecule has 0 saturated carbocycles. The fraction of sp³-hybridized carbons (Fsp3) is 0.333. The van der Waals surface area contributed by atoms with Gasteiger partial charge in [-0.25, -0.2) is 0 Å². The Balaban J connectivity index is 2.62. The molecule has 0 unspecified atom stereocenters. The van der Waals surface area contributed by atoms with Crippen molar-refractivity contribution in [3.8, 4) is 0 Å². The van der Waals surface area contributed by atoms with E-state index >= 15 is 0 Å². The lowest BCUT2D eigenvalue weighted by Gasteiger charge is -2.10. The number of nitrogens with one attached hydrogen (secondary N) is 2. The van der Waals surface area contributed by atoms with E-state index < -0.39 is 6.04 Å². The van der Waals surface area contributed by atoms with Crippen LogP contribution in [0.25, 0.3) is 0 Å². The first-order valence-corrected chi connectivity index (χ1v) is 5.47. The van der Waals surface area contributed by atoms with Gasteiger partial charge in [-0.3, -0.25) is 9.59 Å². The highest BCUT2D eigenvalue weighted by atomic mass is 16.2. The lowest BCUT2D eigenvalue weighted by Crippen LogP contribution is -2.34. The van der Waals surface area contributed by atoms with Crippen molar-refractivity contribution < 1.29 is 9.59 Å². The van der Waals surface area contributed by atoms with E-state index in [9.17, 15) is 9.59 Å². The smallest absolute Gasteiger partial charge is 0.241 e. The number of anilines is 2. The summed E-state index contributed by atoms with van der Waals surface area (Å²) in [5.41, 5.74) is 6.94.